The summed E-state index contributed by atoms with van der Waals surface area (Å²) >= 11 is 0. The van der Waals surface area contributed by atoms with Crippen LogP contribution in [0.25, 0.3) is 16.9 Å². The van der Waals surface area contributed by atoms with Crippen LogP contribution in [0.3, 0.4) is 0 Å². The number of carbonyl (C=O) groups excluding carboxylic acids is 1. The Hall–Kier alpha value is -3.39. The van der Waals surface area contributed by atoms with Crippen molar-refractivity contribution in [2.75, 3.05) is 7.05 Å². The molecule has 3 aromatic rings. The van der Waals surface area contributed by atoms with Gasteiger partial charge in [-0.2, -0.15) is 10.4 Å². The van der Waals surface area contributed by atoms with Crippen molar-refractivity contribution in [2.45, 2.75) is 18.4 Å². The topological polar surface area (TPSA) is 61.9 Å². The van der Waals surface area contributed by atoms with Crippen LogP contribution in [-0.4, -0.2) is 27.6 Å². The second-order valence-electron chi connectivity index (χ2n) is 6.93. The van der Waals surface area contributed by atoms with E-state index in [1.165, 1.54) is 0 Å². The van der Waals surface area contributed by atoms with Gasteiger partial charge in [-0.1, -0.05) is 36.4 Å². The second-order valence-corrected chi connectivity index (χ2v) is 6.93. The van der Waals surface area contributed by atoms with Gasteiger partial charge >= 0.3 is 0 Å². The molecular formula is C21H16N4O. The van der Waals surface area contributed by atoms with E-state index in [0.29, 0.717) is 11.3 Å². The van der Waals surface area contributed by atoms with Crippen LogP contribution in [0.4, 0.5) is 0 Å². The van der Waals surface area contributed by atoms with Crippen LogP contribution in [-0.2, 0) is 5.54 Å². The van der Waals surface area contributed by atoms with Crippen molar-refractivity contribution in [3.8, 4) is 23.0 Å². The first-order chi connectivity index (χ1) is 12.6. The molecular weight excluding hydrogens is 324 g/mol. The van der Waals surface area contributed by atoms with E-state index in [-0.39, 0.29) is 11.4 Å². The fourth-order valence-electron chi connectivity index (χ4n) is 3.91. The molecule has 26 heavy (non-hydrogen) atoms. The van der Waals surface area contributed by atoms with Gasteiger partial charge in [0, 0.05) is 18.2 Å². The highest BCUT2D eigenvalue weighted by molar-refractivity contribution is 5.96. The quantitative estimate of drug-likeness (QED) is 0.681. The van der Waals surface area contributed by atoms with E-state index in [2.05, 4.69) is 6.07 Å². The SMILES string of the molecule is CN1C(=O)c2cc(-c3ccccc3)nn2-c2cc(C#N)ccc2C12CC2. The van der Waals surface area contributed by atoms with Gasteiger partial charge in [-0.15, -0.1) is 0 Å². The van der Waals surface area contributed by atoms with E-state index in [0.717, 1.165) is 35.3 Å². The lowest BCUT2D eigenvalue weighted by Crippen LogP contribution is -2.36. The highest BCUT2D eigenvalue weighted by Crippen LogP contribution is 2.54. The third-order valence-electron chi connectivity index (χ3n) is 5.52. The average molecular weight is 340 g/mol. The van der Waals surface area contributed by atoms with E-state index in [9.17, 15) is 10.1 Å². The predicted molar refractivity (Wildman–Crippen MR) is 96.7 cm³/mol. The Morgan fingerprint density at radius 1 is 1.12 bits per heavy atom. The zero-order valence-electron chi connectivity index (χ0n) is 14.3. The van der Waals surface area contributed by atoms with Gasteiger partial charge in [-0.3, -0.25) is 4.79 Å². The molecule has 0 bridgehead atoms. The molecule has 2 heterocycles. The zero-order valence-corrected chi connectivity index (χ0v) is 14.3. The van der Waals surface area contributed by atoms with E-state index in [1.54, 1.807) is 4.68 Å². The lowest BCUT2D eigenvalue weighted by atomic mass is 9.99. The number of hydrogen-bond acceptors (Lipinski definition) is 3. The summed E-state index contributed by atoms with van der Waals surface area (Å²) in [7, 11) is 1.86. The molecule has 0 saturated heterocycles. The highest BCUT2D eigenvalue weighted by Gasteiger charge is 2.53. The van der Waals surface area contributed by atoms with Gasteiger partial charge in [0.05, 0.1) is 28.6 Å². The van der Waals surface area contributed by atoms with Crippen LogP contribution < -0.4 is 0 Å². The summed E-state index contributed by atoms with van der Waals surface area (Å²) in [6, 6.07) is 19.5. The van der Waals surface area contributed by atoms with Crippen molar-refractivity contribution in [3.63, 3.8) is 0 Å². The third-order valence-corrected chi connectivity index (χ3v) is 5.52. The molecule has 2 aromatic carbocycles. The minimum absolute atomic E-state index is 0.0353. The van der Waals surface area contributed by atoms with E-state index < -0.39 is 0 Å². The molecule has 1 aliphatic carbocycles. The lowest BCUT2D eigenvalue weighted by molar-refractivity contribution is 0.0704. The van der Waals surface area contributed by atoms with E-state index in [1.807, 2.05) is 66.5 Å². The van der Waals surface area contributed by atoms with E-state index >= 15 is 0 Å². The number of rotatable bonds is 1. The number of fused-ring (bicyclic) bond motifs is 4. The minimum Gasteiger partial charge on any atom is -0.331 e. The Labute approximate surface area is 151 Å². The molecule has 1 aromatic heterocycles. The maximum Gasteiger partial charge on any atom is 0.273 e. The number of amides is 1. The monoisotopic (exact) mass is 340 g/mol. The summed E-state index contributed by atoms with van der Waals surface area (Å²) in [6.07, 6.45) is 1.87. The summed E-state index contributed by atoms with van der Waals surface area (Å²) in [4.78, 5) is 15.0. The summed E-state index contributed by atoms with van der Waals surface area (Å²) in [6.45, 7) is 0. The average Bonchev–Trinajstić information content (AvgIpc) is 3.39. The minimum atomic E-state index is -0.270. The maximum absolute atomic E-state index is 13.2. The highest BCUT2D eigenvalue weighted by atomic mass is 16.2. The van der Waals surface area contributed by atoms with Gasteiger partial charge in [-0.25, -0.2) is 4.68 Å². The van der Waals surface area contributed by atoms with Crippen molar-refractivity contribution in [3.05, 3.63) is 71.4 Å². The van der Waals surface area contributed by atoms with Gasteiger partial charge in [0.2, 0.25) is 0 Å². The Balaban J connectivity index is 1.80. The molecule has 1 saturated carbocycles. The first kappa shape index (κ1) is 14.9. The van der Waals surface area contributed by atoms with Gasteiger partial charge < -0.3 is 4.90 Å². The Kier molecular flexibility index (Phi) is 2.90. The maximum atomic E-state index is 13.2. The van der Waals surface area contributed by atoms with Crippen LogP contribution in [0.2, 0.25) is 0 Å². The summed E-state index contributed by atoms with van der Waals surface area (Å²) in [5.41, 5.74) is 4.44. The molecule has 126 valence electrons. The van der Waals surface area contributed by atoms with Crippen molar-refractivity contribution in [1.82, 2.24) is 14.7 Å². The van der Waals surface area contributed by atoms with Crippen molar-refractivity contribution < 1.29 is 4.79 Å². The van der Waals surface area contributed by atoms with Crippen molar-refractivity contribution >= 4 is 5.91 Å². The smallest absolute Gasteiger partial charge is 0.273 e. The summed E-state index contributed by atoms with van der Waals surface area (Å²) in [5.74, 6) is -0.0353. The predicted octanol–water partition coefficient (Wildman–Crippen LogP) is 3.49. The number of aromatic nitrogens is 2. The van der Waals surface area contributed by atoms with Crippen LogP contribution in [0.5, 0.6) is 0 Å². The molecule has 0 unspecified atom stereocenters. The lowest BCUT2D eigenvalue weighted by Gasteiger charge is -2.26. The Morgan fingerprint density at radius 3 is 2.58 bits per heavy atom. The standard InChI is InChI=1S/C21H16N4O/c1-24-20(26)19-12-17(15-5-3-2-4-6-15)23-25(19)18-11-14(13-22)7-8-16(18)21(24)9-10-21/h2-8,11-12H,9-10H2,1H3. The number of hydrogen-bond donors (Lipinski definition) is 0. The number of benzene rings is 2. The Morgan fingerprint density at radius 2 is 1.88 bits per heavy atom. The molecule has 1 aliphatic heterocycles. The number of carbonyl (C=O) groups is 1. The van der Waals surface area contributed by atoms with Crippen LogP contribution in [0.15, 0.2) is 54.6 Å². The van der Waals surface area contributed by atoms with E-state index in [4.69, 9.17) is 5.10 Å². The molecule has 0 atom stereocenters. The number of nitriles is 1. The van der Waals surface area contributed by atoms with Gasteiger partial charge in [0.15, 0.2) is 0 Å². The summed E-state index contributed by atoms with van der Waals surface area (Å²) < 4.78 is 1.71. The third kappa shape index (κ3) is 1.90. The van der Waals surface area contributed by atoms with Gasteiger partial charge in [0.1, 0.15) is 5.69 Å². The van der Waals surface area contributed by atoms with Gasteiger partial charge in [-0.05, 0) is 31.0 Å². The van der Waals surface area contributed by atoms with Gasteiger partial charge in [0.25, 0.3) is 5.91 Å². The molecule has 5 rings (SSSR count). The molecule has 1 amide bonds. The molecule has 5 nitrogen and oxygen atoms in total. The Bertz CT molecular complexity index is 1090. The molecule has 1 spiro atoms. The molecule has 5 heteroatoms. The van der Waals surface area contributed by atoms with Crippen LogP contribution in [0.1, 0.15) is 34.5 Å². The molecule has 2 aliphatic rings. The van der Waals surface area contributed by atoms with Crippen molar-refractivity contribution in [1.29, 1.82) is 5.26 Å². The fourth-order valence-corrected chi connectivity index (χ4v) is 3.91. The van der Waals surface area contributed by atoms with Crippen LogP contribution >= 0.6 is 0 Å². The first-order valence-corrected chi connectivity index (χ1v) is 8.63. The molecule has 0 radical (unpaired) electrons. The largest absolute Gasteiger partial charge is 0.331 e. The molecule has 0 N–H and O–H groups in total. The second kappa shape index (κ2) is 5.06. The van der Waals surface area contributed by atoms with Crippen molar-refractivity contribution in [2.24, 2.45) is 0 Å². The molecule has 1 fully saturated rings. The number of nitrogens with zero attached hydrogens (tertiary/aromatic N) is 4. The zero-order chi connectivity index (χ0) is 17.9. The first-order valence-electron chi connectivity index (χ1n) is 8.63. The van der Waals surface area contributed by atoms with Crippen LogP contribution in [0, 0.1) is 11.3 Å². The fraction of sp³-hybridized carbons (Fsp3) is 0.190. The summed E-state index contributed by atoms with van der Waals surface area (Å²) in [5, 5.41) is 14.1. The normalized spacial score (nSPS) is 16.6.